The van der Waals surface area contributed by atoms with E-state index in [1.807, 2.05) is 0 Å². The van der Waals surface area contributed by atoms with Crippen molar-refractivity contribution in [3.63, 3.8) is 0 Å². The van der Waals surface area contributed by atoms with E-state index in [9.17, 15) is 14.4 Å². The van der Waals surface area contributed by atoms with Gasteiger partial charge in [-0.2, -0.15) is 0 Å². The van der Waals surface area contributed by atoms with Gasteiger partial charge in [-0.05, 0) is 62.4 Å². The van der Waals surface area contributed by atoms with E-state index in [1.165, 1.54) is 0 Å². The van der Waals surface area contributed by atoms with E-state index in [1.54, 1.807) is 67.3 Å². The van der Waals surface area contributed by atoms with Gasteiger partial charge in [0.05, 0.1) is 19.1 Å². The van der Waals surface area contributed by atoms with Crippen LogP contribution in [0, 0.1) is 5.92 Å². The third-order valence-electron chi connectivity index (χ3n) is 5.53. The van der Waals surface area contributed by atoms with Crippen LogP contribution < -0.4 is 15.5 Å². The van der Waals surface area contributed by atoms with Crippen molar-refractivity contribution in [3.05, 3.63) is 53.6 Å². The highest BCUT2D eigenvalue weighted by molar-refractivity contribution is 6.30. The number of nitrogens with one attached hydrogen (secondary N) is 2. The molecule has 2 fully saturated rings. The molecule has 2 unspecified atom stereocenters. The number of amides is 3. The normalized spacial score (nSPS) is 22.2. The number of rotatable bonds is 5. The second-order valence-electron chi connectivity index (χ2n) is 8.49. The molecule has 0 spiro atoms. The van der Waals surface area contributed by atoms with Gasteiger partial charge in [0.15, 0.2) is 11.9 Å². The average Bonchev–Trinajstić information content (AvgIpc) is 2.81. The van der Waals surface area contributed by atoms with Crippen LogP contribution in [0.3, 0.4) is 0 Å². The van der Waals surface area contributed by atoms with Gasteiger partial charge in [0, 0.05) is 28.6 Å². The summed E-state index contributed by atoms with van der Waals surface area (Å²) >= 11 is 5.91. The number of ether oxygens (including phenoxy) is 3. The van der Waals surface area contributed by atoms with E-state index in [-0.39, 0.29) is 19.1 Å². The van der Waals surface area contributed by atoms with Gasteiger partial charge in [0.1, 0.15) is 6.61 Å². The molecule has 34 heavy (non-hydrogen) atoms. The average molecular weight is 488 g/mol. The molecule has 0 radical (unpaired) electrons. The molecule has 4 rings (SSSR count). The molecule has 2 aromatic rings. The first-order chi connectivity index (χ1) is 16.2. The summed E-state index contributed by atoms with van der Waals surface area (Å²) in [4.78, 5) is 39.7. The number of carbonyl (C=O) groups excluding carboxylic acids is 3. The number of nitrogens with zero attached hydrogens (tertiary/aromatic N) is 1. The zero-order valence-electron chi connectivity index (χ0n) is 18.9. The molecule has 0 bridgehead atoms. The van der Waals surface area contributed by atoms with Gasteiger partial charge < -0.3 is 29.7 Å². The Labute approximate surface area is 202 Å². The van der Waals surface area contributed by atoms with Crippen LogP contribution in [0.5, 0.6) is 0 Å². The smallest absolute Gasteiger partial charge is 0.254 e. The van der Waals surface area contributed by atoms with Gasteiger partial charge in [-0.1, -0.05) is 11.6 Å². The number of carbonyl (C=O) groups is 3. The van der Waals surface area contributed by atoms with Crippen LogP contribution in [-0.4, -0.2) is 56.0 Å². The Hall–Kier alpha value is -2.98. The summed E-state index contributed by atoms with van der Waals surface area (Å²) in [5.41, 5.74) is 1.78. The molecule has 2 saturated heterocycles. The Morgan fingerprint density at radius 1 is 1.00 bits per heavy atom. The summed E-state index contributed by atoms with van der Waals surface area (Å²) in [5, 5.41) is 6.12. The lowest BCUT2D eigenvalue weighted by molar-refractivity contribution is -0.280. The van der Waals surface area contributed by atoms with Crippen molar-refractivity contribution in [2.24, 2.45) is 5.92 Å². The second-order valence-corrected chi connectivity index (χ2v) is 8.92. The third kappa shape index (κ3) is 5.74. The molecule has 3 amide bonds. The molecule has 2 aliphatic heterocycles. The van der Waals surface area contributed by atoms with E-state index < -0.39 is 29.6 Å². The van der Waals surface area contributed by atoms with Gasteiger partial charge in [-0.25, -0.2) is 0 Å². The lowest BCUT2D eigenvalue weighted by Crippen LogP contribution is -2.54. The number of hydrogen-bond donors (Lipinski definition) is 2. The van der Waals surface area contributed by atoms with Crippen LogP contribution in [0.4, 0.5) is 17.1 Å². The topological polar surface area (TPSA) is 106 Å². The second kappa shape index (κ2) is 10.1. The van der Waals surface area contributed by atoms with Crippen molar-refractivity contribution < 1.29 is 28.6 Å². The first kappa shape index (κ1) is 24.2. The minimum Gasteiger partial charge on any atom is -0.370 e. The Morgan fingerprint density at radius 3 is 2.26 bits per heavy atom. The lowest BCUT2D eigenvalue weighted by Gasteiger charge is -2.39. The van der Waals surface area contributed by atoms with Crippen molar-refractivity contribution in [1.82, 2.24) is 0 Å². The van der Waals surface area contributed by atoms with Crippen molar-refractivity contribution in [3.8, 4) is 0 Å². The molecule has 10 heteroatoms. The molecule has 0 saturated carbocycles. The van der Waals surface area contributed by atoms with E-state index in [0.717, 1.165) is 5.69 Å². The Morgan fingerprint density at radius 2 is 1.62 bits per heavy atom. The molecule has 0 aliphatic carbocycles. The van der Waals surface area contributed by atoms with Crippen molar-refractivity contribution in [1.29, 1.82) is 0 Å². The van der Waals surface area contributed by atoms with E-state index >= 15 is 0 Å². The molecule has 0 aromatic heterocycles. The first-order valence-electron chi connectivity index (χ1n) is 10.9. The highest BCUT2D eigenvalue weighted by atomic mass is 35.5. The fourth-order valence-electron chi connectivity index (χ4n) is 3.75. The molecule has 9 nitrogen and oxygen atoms in total. The Bertz CT molecular complexity index is 1060. The highest BCUT2D eigenvalue weighted by Gasteiger charge is 2.44. The van der Waals surface area contributed by atoms with Gasteiger partial charge in [0.2, 0.25) is 5.91 Å². The molecule has 2 heterocycles. The fraction of sp³-hybridized carbons (Fsp3) is 0.375. The summed E-state index contributed by atoms with van der Waals surface area (Å²) in [6.07, 6.45) is -1.07. The summed E-state index contributed by atoms with van der Waals surface area (Å²) < 4.78 is 16.6. The van der Waals surface area contributed by atoms with E-state index in [0.29, 0.717) is 29.5 Å². The van der Waals surface area contributed by atoms with Crippen molar-refractivity contribution >= 4 is 46.4 Å². The molecular formula is C24H26ClN3O6. The monoisotopic (exact) mass is 487 g/mol. The van der Waals surface area contributed by atoms with E-state index in [2.05, 4.69) is 10.6 Å². The fourth-order valence-corrected chi connectivity index (χ4v) is 3.87. The quantitative estimate of drug-likeness (QED) is 0.671. The minimum atomic E-state index is -1.07. The zero-order chi connectivity index (χ0) is 24.3. The molecule has 2 aromatic carbocycles. The first-order valence-corrected chi connectivity index (χ1v) is 11.3. The van der Waals surface area contributed by atoms with Gasteiger partial charge in [0.25, 0.3) is 11.8 Å². The van der Waals surface area contributed by atoms with Crippen LogP contribution in [0.1, 0.15) is 13.8 Å². The standard InChI is InChI=1S/C24H26ClN3O6/c1-24(2)33-13-19(21(34-24)23(31)27-16-5-3-15(25)4-6-16)22(30)26-17-7-9-18(10-8-17)28-11-12-32-14-20(28)29/h3-10,19,21H,11-14H2,1-2H3,(H,26,30)(H,27,31). The number of anilines is 3. The van der Waals surface area contributed by atoms with Crippen molar-refractivity contribution in [2.75, 3.05) is 41.9 Å². The van der Waals surface area contributed by atoms with Gasteiger partial charge >= 0.3 is 0 Å². The summed E-state index contributed by atoms with van der Waals surface area (Å²) in [6.45, 7) is 4.39. The van der Waals surface area contributed by atoms with Crippen LogP contribution in [0.15, 0.2) is 48.5 Å². The Kier molecular flexibility index (Phi) is 7.18. The van der Waals surface area contributed by atoms with Crippen molar-refractivity contribution in [2.45, 2.75) is 25.7 Å². The van der Waals surface area contributed by atoms with Gasteiger partial charge in [-0.3, -0.25) is 14.4 Å². The van der Waals surface area contributed by atoms with Gasteiger partial charge in [-0.15, -0.1) is 0 Å². The van der Waals surface area contributed by atoms with Crippen LogP contribution in [0.2, 0.25) is 5.02 Å². The maximum Gasteiger partial charge on any atom is 0.254 e. The predicted octanol–water partition coefficient (Wildman–Crippen LogP) is 3.05. The zero-order valence-corrected chi connectivity index (χ0v) is 19.6. The minimum absolute atomic E-state index is 0.0118. The number of benzene rings is 2. The lowest BCUT2D eigenvalue weighted by atomic mass is 9.98. The summed E-state index contributed by atoms with van der Waals surface area (Å²) in [5.74, 6) is -2.88. The summed E-state index contributed by atoms with van der Waals surface area (Å²) in [6, 6.07) is 13.6. The number of hydrogen-bond acceptors (Lipinski definition) is 6. The van der Waals surface area contributed by atoms with Crippen LogP contribution >= 0.6 is 11.6 Å². The summed E-state index contributed by atoms with van der Waals surface area (Å²) in [7, 11) is 0. The maximum absolute atomic E-state index is 13.1. The molecule has 2 aliphatic rings. The maximum atomic E-state index is 13.1. The molecule has 2 N–H and O–H groups in total. The van der Waals surface area contributed by atoms with Crippen LogP contribution in [0.25, 0.3) is 0 Å². The third-order valence-corrected chi connectivity index (χ3v) is 5.78. The number of morpholine rings is 1. The Balaban J connectivity index is 1.44. The number of halogens is 1. The predicted molar refractivity (Wildman–Crippen MR) is 127 cm³/mol. The highest BCUT2D eigenvalue weighted by Crippen LogP contribution is 2.29. The van der Waals surface area contributed by atoms with E-state index in [4.69, 9.17) is 25.8 Å². The van der Waals surface area contributed by atoms with Crippen LogP contribution in [-0.2, 0) is 28.6 Å². The largest absolute Gasteiger partial charge is 0.370 e. The molecule has 2 atom stereocenters. The molecule has 180 valence electrons. The SMILES string of the molecule is CC1(C)OCC(C(=O)Nc2ccc(N3CCOCC3=O)cc2)C(C(=O)Nc2ccc(Cl)cc2)O1. The molecular weight excluding hydrogens is 462 g/mol.